The summed E-state index contributed by atoms with van der Waals surface area (Å²) < 4.78 is 0. The fraction of sp³-hybridized carbons (Fsp3) is 0.550. The first-order valence-electron chi connectivity index (χ1n) is 9.87. The van der Waals surface area contributed by atoms with E-state index in [-0.39, 0.29) is 0 Å². The Labute approximate surface area is 166 Å². The molecule has 146 valence electrons. The molecule has 0 radical (unpaired) electrons. The molecule has 1 fully saturated rings. The second kappa shape index (κ2) is 10.4. The van der Waals surface area contributed by atoms with Gasteiger partial charge in [-0.2, -0.15) is 0 Å². The summed E-state index contributed by atoms with van der Waals surface area (Å²) in [5.74, 6) is 0.895. The zero-order valence-electron chi connectivity index (χ0n) is 16.3. The van der Waals surface area contributed by atoms with E-state index in [0.717, 1.165) is 62.8 Å². The number of pyridine rings is 1. The highest BCUT2D eigenvalue weighted by Crippen LogP contribution is 2.13. The first-order valence-corrected chi connectivity index (χ1v) is 10.7. The lowest BCUT2D eigenvalue weighted by Gasteiger charge is -2.32. The van der Waals surface area contributed by atoms with Crippen LogP contribution >= 0.6 is 11.3 Å². The second-order valence-electron chi connectivity index (χ2n) is 6.80. The fourth-order valence-electron chi connectivity index (χ4n) is 3.21. The van der Waals surface area contributed by atoms with Crippen molar-refractivity contribution in [2.45, 2.75) is 52.2 Å². The third kappa shape index (κ3) is 6.29. The lowest BCUT2D eigenvalue weighted by atomic mass is 10.0. The van der Waals surface area contributed by atoms with Crippen LogP contribution in [0.4, 0.5) is 0 Å². The SMILES string of the molecule is CCNC(=NCc1csc(CC)n1)NC1CCN(Cc2ccccn2)CC1. The van der Waals surface area contributed by atoms with Gasteiger partial charge in [-0.05, 0) is 38.3 Å². The number of guanidine groups is 1. The Kier molecular flexibility index (Phi) is 7.59. The van der Waals surface area contributed by atoms with Crippen LogP contribution in [0.1, 0.15) is 43.1 Å². The molecule has 1 saturated heterocycles. The standard InChI is InChI=1S/C20H30N6S/c1-3-19-24-18(15-27-19)13-23-20(21-4-2)25-16-8-11-26(12-9-16)14-17-7-5-6-10-22-17/h5-7,10,15-16H,3-4,8-9,11-14H2,1-2H3,(H2,21,23,25). The lowest BCUT2D eigenvalue weighted by molar-refractivity contribution is 0.196. The number of aliphatic imine (C=N–C) groups is 1. The average molecular weight is 387 g/mol. The second-order valence-corrected chi connectivity index (χ2v) is 7.74. The van der Waals surface area contributed by atoms with E-state index in [1.807, 2.05) is 12.3 Å². The minimum absolute atomic E-state index is 0.462. The highest BCUT2D eigenvalue weighted by atomic mass is 32.1. The maximum Gasteiger partial charge on any atom is 0.191 e. The van der Waals surface area contributed by atoms with E-state index in [2.05, 4.69) is 56.9 Å². The van der Waals surface area contributed by atoms with E-state index in [9.17, 15) is 0 Å². The number of aromatic nitrogens is 2. The highest BCUT2D eigenvalue weighted by Gasteiger charge is 2.20. The zero-order valence-corrected chi connectivity index (χ0v) is 17.1. The van der Waals surface area contributed by atoms with Crippen molar-refractivity contribution in [1.29, 1.82) is 0 Å². The topological polar surface area (TPSA) is 65.4 Å². The van der Waals surface area contributed by atoms with Gasteiger partial charge in [-0.15, -0.1) is 11.3 Å². The fourth-order valence-corrected chi connectivity index (χ4v) is 3.95. The molecule has 0 amide bonds. The van der Waals surface area contributed by atoms with Gasteiger partial charge in [0.25, 0.3) is 0 Å². The molecule has 0 aliphatic carbocycles. The van der Waals surface area contributed by atoms with Crippen LogP contribution in [-0.4, -0.2) is 46.5 Å². The predicted molar refractivity (Wildman–Crippen MR) is 112 cm³/mol. The van der Waals surface area contributed by atoms with Gasteiger partial charge in [0.15, 0.2) is 5.96 Å². The number of thiazole rings is 1. The molecule has 0 unspecified atom stereocenters. The normalized spacial score (nSPS) is 16.4. The average Bonchev–Trinajstić information content (AvgIpc) is 3.17. The van der Waals surface area contributed by atoms with Gasteiger partial charge in [-0.3, -0.25) is 9.88 Å². The summed E-state index contributed by atoms with van der Waals surface area (Å²) in [5.41, 5.74) is 2.20. The first kappa shape index (κ1) is 19.8. The molecule has 2 N–H and O–H groups in total. The Hall–Kier alpha value is -1.99. The van der Waals surface area contributed by atoms with E-state index < -0.39 is 0 Å². The number of piperidine rings is 1. The predicted octanol–water partition coefficient (Wildman–Crippen LogP) is 2.82. The van der Waals surface area contributed by atoms with Gasteiger partial charge in [0.1, 0.15) is 0 Å². The van der Waals surface area contributed by atoms with Crippen LogP contribution in [0.15, 0.2) is 34.8 Å². The Balaban J connectivity index is 1.48. The number of nitrogens with one attached hydrogen (secondary N) is 2. The van der Waals surface area contributed by atoms with Crippen molar-refractivity contribution < 1.29 is 0 Å². The molecule has 1 aliphatic heterocycles. The van der Waals surface area contributed by atoms with Crippen molar-refractivity contribution in [2.24, 2.45) is 4.99 Å². The third-order valence-electron chi connectivity index (χ3n) is 4.69. The van der Waals surface area contributed by atoms with Crippen molar-refractivity contribution in [3.8, 4) is 0 Å². The van der Waals surface area contributed by atoms with Gasteiger partial charge in [0.05, 0.1) is 22.9 Å². The molecule has 0 spiro atoms. The Bertz CT molecular complexity index is 706. The van der Waals surface area contributed by atoms with Gasteiger partial charge in [-0.1, -0.05) is 13.0 Å². The molecule has 3 heterocycles. The van der Waals surface area contributed by atoms with E-state index in [1.54, 1.807) is 11.3 Å². The summed E-state index contributed by atoms with van der Waals surface area (Å²) in [6.45, 7) is 8.83. The summed E-state index contributed by atoms with van der Waals surface area (Å²) in [5, 5.41) is 10.3. The number of hydrogen-bond donors (Lipinski definition) is 2. The lowest BCUT2D eigenvalue weighted by Crippen LogP contribution is -2.48. The summed E-state index contributed by atoms with van der Waals surface area (Å²) >= 11 is 1.72. The van der Waals surface area contributed by atoms with Crippen molar-refractivity contribution in [3.63, 3.8) is 0 Å². The summed E-state index contributed by atoms with van der Waals surface area (Å²) in [4.78, 5) is 16.2. The maximum absolute atomic E-state index is 4.73. The quantitative estimate of drug-likeness (QED) is 0.566. The molecule has 6 nitrogen and oxygen atoms in total. The molecule has 0 aromatic carbocycles. The van der Waals surface area contributed by atoms with E-state index in [0.29, 0.717) is 12.6 Å². The van der Waals surface area contributed by atoms with Gasteiger partial charge >= 0.3 is 0 Å². The number of nitrogens with zero attached hydrogens (tertiary/aromatic N) is 4. The van der Waals surface area contributed by atoms with Crippen molar-refractivity contribution in [3.05, 3.63) is 46.2 Å². The van der Waals surface area contributed by atoms with Gasteiger partial charge in [0, 0.05) is 43.8 Å². The number of likely N-dealkylation sites (tertiary alicyclic amines) is 1. The van der Waals surface area contributed by atoms with Crippen LogP contribution in [0.5, 0.6) is 0 Å². The largest absolute Gasteiger partial charge is 0.357 e. The third-order valence-corrected chi connectivity index (χ3v) is 5.73. The molecular formula is C20H30N6S. The number of hydrogen-bond acceptors (Lipinski definition) is 5. The summed E-state index contributed by atoms with van der Waals surface area (Å²) in [7, 11) is 0. The van der Waals surface area contributed by atoms with Gasteiger partial charge in [0.2, 0.25) is 0 Å². The van der Waals surface area contributed by atoms with Crippen LogP contribution in [0, 0.1) is 0 Å². The van der Waals surface area contributed by atoms with Crippen LogP contribution in [0.3, 0.4) is 0 Å². The van der Waals surface area contributed by atoms with Gasteiger partial charge in [-0.25, -0.2) is 9.98 Å². The number of rotatable bonds is 7. The van der Waals surface area contributed by atoms with Crippen LogP contribution in [-0.2, 0) is 19.5 Å². The monoisotopic (exact) mass is 386 g/mol. The van der Waals surface area contributed by atoms with E-state index >= 15 is 0 Å². The molecular weight excluding hydrogens is 356 g/mol. The minimum atomic E-state index is 0.462. The molecule has 0 saturated carbocycles. The van der Waals surface area contributed by atoms with E-state index in [1.165, 1.54) is 5.01 Å². The summed E-state index contributed by atoms with van der Waals surface area (Å²) in [6, 6.07) is 6.59. The molecule has 0 bridgehead atoms. The Morgan fingerprint density at radius 3 is 2.78 bits per heavy atom. The van der Waals surface area contributed by atoms with Crippen LogP contribution < -0.4 is 10.6 Å². The minimum Gasteiger partial charge on any atom is -0.357 e. The van der Waals surface area contributed by atoms with Crippen molar-refractivity contribution in [1.82, 2.24) is 25.5 Å². The van der Waals surface area contributed by atoms with Crippen molar-refractivity contribution in [2.75, 3.05) is 19.6 Å². The molecule has 1 aliphatic rings. The molecule has 3 rings (SSSR count). The molecule has 2 aromatic rings. The first-order chi connectivity index (χ1) is 13.3. The Morgan fingerprint density at radius 1 is 1.26 bits per heavy atom. The van der Waals surface area contributed by atoms with Gasteiger partial charge < -0.3 is 10.6 Å². The maximum atomic E-state index is 4.73. The van der Waals surface area contributed by atoms with Crippen molar-refractivity contribution >= 4 is 17.3 Å². The zero-order chi connectivity index (χ0) is 18.9. The van der Waals surface area contributed by atoms with Crippen LogP contribution in [0.2, 0.25) is 0 Å². The Morgan fingerprint density at radius 2 is 2.11 bits per heavy atom. The molecule has 2 aromatic heterocycles. The molecule has 27 heavy (non-hydrogen) atoms. The van der Waals surface area contributed by atoms with Crippen LogP contribution in [0.25, 0.3) is 0 Å². The molecule has 0 atom stereocenters. The van der Waals surface area contributed by atoms with E-state index in [4.69, 9.17) is 4.99 Å². The highest BCUT2D eigenvalue weighted by molar-refractivity contribution is 7.09. The number of aryl methyl sites for hydroxylation is 1. The molecule has 7 heteroatoms. The summed E-state index contributed by atoms with van der Waals surface area (Å²) in [6.07, 6.45) is 5.10. The smallest absolute Gasteiger partial charge is 0.191 e.